The Hall–Kier alpha value is -5.14. The molecule has 1 aliphatic rings. The summed E-state index contributed by atoms with van der Waals surface area (Å²) in [4.78, 5) is 43.3. The van der Waals surface area contributed by atoms with E-state index in [1.807, 2.05) is 54.2 Å². The maximum absolute atomic E-state index is 14.8. The number of halogens is 1. The fraction of sp³-hybridized carbons (Fsp3) is 0.240. The molecule has 1 aromatic carbocycles. The Morgan fingerprint density at radius 3 is 2.54 bits per heavy atom. The van der Waals surface area contributed by atoms with Gasteiger partial charge in [0.15, 0.2) is 11.6 Å². The molecule has 1 saturated heterocycles. The SMILES string of the molecule is CN(C)c1nc(N2CCN(C(=O)C(=O)c3c[nH]c4c(-n5ccnn5)ncc(F)c34)CC2)nn1-c1ccccc1. The van der Waals surface area contributed by atoms with Crippen LogP contribution in [-0.2, 0) is 4.79 Å². The van der Waals surface area contributed by atoms with E-state index in [1.54, 1.807) is 10.9 Å². The van der Waals surface area contributed by atoms with Crippen molar-refractivity contribution < 1.29 is 14.0 Å². The van der Waals surface area contributed by atoms with Crippen LogP contribution in [0.5, 0.6) is 0 Å². The summed E-state index contributed by atoms with van der Waals surface area (Å²) >= 11 is 0. The van der Waals surface area contributed by atoms with Gasteiger partial charge < -0.3 is 19.7 Å². The first-order valence-electron chi connectivity index (χ1n) is 12.2. The number of pyridine rings is 1. The van der Waals surface area contributed by atoms with Gasteiger partial charge in [0.05, 0.1) is 40.7 Å². The third-order valence-corrected chi connectivity index (χ3v) is 6.55. The van der Waals surface area contributed by atoms with E-state index in [1.165, 1.54) is 22.0 Å². The van der Waals surface area contributed by atoms with Crippen LogP contribution in [0.2, 0.25) is 0 Å². The van der Waals surface area contributed by atoms with Crippen LogP contribution in [0, 0.1) is 5.82 Å². The van der Waals surface area contributed by atoms with Crippen molar-refractivity contribution in [1.29, 1.82) is 0 Å². The molecule has 13 nitrogen and oxygen atoms in total. The highest BCUT2D eigenvalue weighted by Crippen LogP contribution is 2.27. The number of anilines is 2. The Kier molecular flexibility index (Phi) is 5.98. The van der Waals surface area contributed by atoms with Gasteiger partial charge in [0.2, 0.25) is 11.9 Å². The highest BCUT2D eigenvalue weighted by molar-refractivity contribution is 6.45. The van der Waals surface area contributed by atoms with Crippen LogP contribution in [0.1, 0.15) is 10.4 Å². The average Bonchev–Trinajstić information content (AvgIpc) is 3.73. The van der Waals surface area contributed by atoms with Gasteiger partial charge in [-0.05, 0) is 12.1 Å². The van der Waals surface area contributed by atoms with E-state index >= 15 is 0 Å². The number of fused-ring (bicyclic) bond motifs is 1. The van der Waals surface area contributed by atoms with E-state index in [0.717, 1.165) is 11.9 Å². The standard InChI is InChI=1S/C25H24FN11O2/c1-33(2)25-30-24(31-37(25)16-6-4-3-5-7-16)35-12-10-34(11-13-35)23(39)21(38)17-14-27-20-19(17)18(26)15-28-22(20)36-9-8-29-32-36/h3-9,14-15,27H,10-13H2,1-2H3. The number of ketones is 1. The predicted molar refractivity (Wildman–Crippen MR) is 140 cm³/mol. The minimum absolute atomic E-state index is 0.0145. The summed E-state index contributed by atoms with van der Waals surface area (Å²) in [6.45, 7) is 1.46. The number of Topliss-reactive ketones (excluding diaryl/α,β-unsaturated/α-hetero) is 1. The number of aromatic amines is 1. The highest BCUT2D eigenvalue weighted by atomic mass is 19.1. The summed E-state index contributed by atoms with van der Waals surface area (Å²) in [5.74, 6) is -0.744. The van der Waals surface area contributed by atoms with Crippen molar-refractivity contribution in [3.05, 3.63) is 66.5 Å². The molecule has 0 aliphatic carbocycles. The van der Waals surface area contributed by atoms with Gasteiger partial charge in [-0.25, -0.2) is 14.1 Å². The summed E-state index contributed by atoms with van der Waals surface area (Å²) in [5.41, 5.74) is 1.07. The summed E-state index contributed by atoms with van der Waals surface area (Å²) in [6.07, 6.45) is 5.33. The average molecular weight is 530 g/mol. The van der Waals surface area contributed by atoms with E-state index in [9.17, 15) is 14.0 Å². The molecular weight excluding hydrogens is 505 g/mol. The number of amides is 1. The minimum atomic E-state index is -0.800. The van der Waals surface area contributed by atoms with Crippen molar-refractivity contribution in [3.63, 3.8) is 0 Å². The molecule has 198 valence electrons. The lowest BCUT2D eigenvalue weighted by Gasteiger charge is -2.33. The number of hydrogen-bond acceptors (Lipinski definition) is 9. The maximum atomic E-state index is 14.8. The molecule has 0 saturated carbocycles. The van der Waals surface area contributed by atoms with E-state index in [2.05, 4.69) is 20.3 Å². The number of para-hydroxylation sites is 1. The molecule has 6 rings (SSSR count). The third-order valence-electron chi connectivity index (χ3n) is 6.55. The van der Waals surface area contributed by atoms with Gasteiger partial charge in [-0.3, -0.25) is 9.59 Å². The van der Waals surface area contributed by atoms with E-state index in [-0.39, 0.29) is 22.3 Å². The molecule has 4 aromatic heterocycles. The normalized spacial score (nSPS) is 13.7. The van der Waals surface area contributed by atoms with Crippen molar-refractivity contribution in [2.75, 3.05) is 50.1 Å². The van der Waals surface area contributed by atoms with Crippen LogP contribution in [0.25, 0.3) is 22.4 Å². The molecule has 1 fully saturated rings. The number of carbonyl (C=O) groups excluding carboxylic acids is 2. The van der Waals surface area contributed by atoms with E-state index in [0.29, 0.717) is 38.1 Å². The third kappa shape index (κ3) is 4.24. The van der Waals surface area contributed by atoms with Crippen LogP contribution >= 0.6 is 0 Å². The first kappa shape index (κ1) is 24.2. The molecule has 0 radical (unpaired) electrons. The molecule has 0 unspecified atom stereocenters. The molecule has 5 heterocycles. The monoisotopic (exact) mass is 529 g/mol. The first-order valence-corrected chi connectivity index (χ1v) is 12.2. The second-order valence-corrected chi connectivity index (χ2v) is 9.19. The lowest BCUT2D eigenvalue weighted by molar-refractivity contribution is -0.126. The number of hydrogen-bond donors (Lipinski definition) is 1. The molecule has 1 amide bonds. The number of piperazine rings is 1. The van der Waals surface area contributed by atoms with Gasteiger partial charge in [-0.1, -0.05) is 23.4 Å². The Morgan fingerprint density at radius 2 is 1.85 bits per heavy atom. The topological polar surface area (TPSA) is 134 Å². The molecule has 1 N–H and O–H groups in total. The van der Waals surface area contributed by atoms with Crippen LogP contribution in [0.15, 0.2) is 55.1 Å². The molecule has 0 spiro atoms. The van der Waals surface area contributed by atoms with Crippen LogP contribution in [-0.4, -0.2) is 96.6 Å². The largest absolute Gasteiger partial charge is 0.357 e. The molecule has 14 heteroatoms. The lowest BCUT2D eigenvalue weighted by Crippen LogP contribution is -2.51. The van der Waals surface area contributed by atoms with Gasteiger partial charge in [-0.15, -0.1) is 10.2 Å². The van der Waals surface area contributed by atoms with Gasteiger partial charge in [-0.2, -0.15) is 9.67 Å². The number of carbonyl (C=O) groups is 2. The number of nitrogens with zero attached hydrogens (tertiary/aromatic N) is 10. The van der Waals surface area contributed by atoms with Crippen molar-refractivity contribution in [3.8, 4) is 11.5 Å². The number of rotatable bonds is 6. The molecule has 0 atom stereocenters. The highest BCUT2D eigenvalue weighted by Gasteiger charge is 2.31. The van der Waals surface area contributed by atoms with Gasteiger partial charge >= 0.3 is 0 Å². The van der Waals surface area contributed by atoms with Gasteiger partial charge in [0.1, 0.15) is 0 Å². The number of aromatic nitrogens is 8. The summed E-state index contributed by atoms with van der Waals surface area (Å²) in [7, 11) is 3.79. The van der Waals surface area contributed by atoms with Crippen molar-refractivity contribution >= 4 is 34.5 Å². The van der Waals surface area contributed by atoms with Crippen molar-refractivity contribution in [2.24, 2.45) is 0 Å². The molecule has 1 aliphatic heterocycles. The zero-order valence-electron chi connectivity index (χ0n) is 21.2. The lowest BCUT2D eigenvalue weighted by atomic mass is 10.1. The molecule has 5 aromatic rings. The number of H-pyrrole nitrogens is 1. The Morgan fingerprint density at radius 1 is 1.08 bits per heavy atom. The number of nitrogens with one attached hydrogen (secondary N) is 1. The van der Waals surface area contributed by atoms with Crippen molar-refractivity contribution in [1.82, 2.24) is 44.6 Å². The van der Waals surface area contributed by atoms with Crippen LogP contribution in [0.4, 0.5) is 16.3 Å². The second-order valence-electron chi connectivity index (χ2n) is 9.19. The quantitative estimate of drug-likeness (QED) is 0.256. The summed E-state index contributed by atoms with van der Waals surface area (Å²) in [6, 6.07) is 9.70. The Balaban J connectivity index is 1.20. The molecule has 39 heavy (non-hydrogen) atoms. The Bertz CT molecular complexity index is 1650. The minimum Gasteiger partial charge on any atom is -0.357 e. The van der Waals surface area contributed by atoms with Crippen LogP contribution < -0.4 is 9.80 Å². The Labute approximate surface area is 221 Å². The summed E-state index contributed by atoms with van der Waals surface area (Å²) < 4.78 is 17.9. The second kappa shape index (κ2) is 9.63. The fourth-order valence-electron chi connectivity index (χ4n) is 4.60. The fourth-order valence-corrected chi connectivity index (χ4v) is 4.60. The van der Waals surface area contributed by atoms with Gasteiger partial charge in [0.25, 0.3) is 11.7 Å². The first-order chi connectivity index (χ1) is 18.9. The van der Waals surface area contributed by atoms with E-state index in [4.69, 9.17) is 10.1 Å². The van der Waals surface area contributed by atoms with Crippen LogP contribution in [0.3, 0.4) is 0 Å². The maximum Gasteiger partial charge on any atom is 0.295 e. The zero-order chi connectivity index (χ0) is 27.1. The zero-order valence-corrected chi connectivity index (χ0v) is 21.2. The van der Waals surface area contributed by atoms with Gasteiger partial charge in [0, 0.05) is 46.5 Å². The summed E-state index contributed by atoms with van der Waals surface area (Å²) in [5, 5.41) is 12.3. The number of benzene rings is 1. The van der Waals surface area contributed by atoms with Crippen molar-refractivity contribution in [2.45, 2.75) is 0 Å². The predicted octanol–water partition coefficient (Wildman–Crippen LogP) is 1.46. The molecular formula is C25H24FN11O2. The van der Waals surface area contributed by atoms with E-state index < -0.39 is 17.5 Å². The smallest absolute Gasteiger partial charge is 0.295 e. The molecule has 0 bridgehead atoms.